The van der Waals surface area contributed by atoms with Gasteiger partial charge in [0, 0.05) is 53.1 Å². The average molecular weight is 711 g/mol. The van der Waals surface area contributed by atoms with Gasteiger partial charge < -0.3 is 45.2 Å². The Labute approximate surface area is 295 Å². The van der Waals surface area contributed by atoms with Gasteiger partial charge in [0.05, 0.1) is 48.0 Å². The highest BCUT2D eigenvalue weighted by molar-refractivity contribution is 6.31. The number of methoxy groups -OCH3 is 1. The molecule has 2 aromatic carbocycles. The zero-order valence-corrected chi connectivity index (χ0v) is 29.8. The van der Waals surface area contributed by atoms with Crippen LogP contribution in [0.5, 0.6) is 17.2 Å². The van der Waals surface area contributed by atoms with E-state index >= 15 is 0 Å². The number of rotatable bonds is 6. The molecule has 2 fully saturated rings. The van der Waals surface area contributed by atoms with Crippen molar-refractivity contribution in [2.45, 2.75) is 121 Å². The molecule has 0 bridgehead atoms. The molecular formula is C37H46N2O12. The molecule has 0 saturated carbocycles. The SMILES string of the molecule is COc1cccc2c1C(=O)c1c(O)c3c(c(OC(=O)C4CC(C)(C)N(O)C(C)(C)C4)c1C2=O)C[C@@](O)(C(C)=O)C[C@@H]3OC1C[C@@H](N)[C@H](O)C(C)O1. The summed E-state index contributed by atoms with van der Waals surface area (Å²) in [7, 11) is 1.34. The number of fused-ring (bicyclic) bond motifs is 3. The smallest absolute Gasteiger partial charge is 0.314 e. The first kappa shape index (κ1) is 37.0. The number of ketones is 3. The van der Waals surface area contributed by atoms with Crippen molar-refractivity contribution in [2.24, 2.45) is 11.7 Å². The molecule has 14 nitrogen and oxygen atoms in total. The molecule has 6 rings (SSSR count). The van der Waals surface area contributed by atoms with E-state index in [1.807, 2.05) is 0 Å². The fraction of sp³-hybridized carbons (Fsp3) is 0.568. The van der Waals surface area contributed by atoms with Crippen molar-refractivity contribution in [2.75, 3.05) is 7.11 Å². The molecule has 2 aromatic rings. The van der Waals surface area contributed by atoms with Gasteiger partial charge in [-0.3, -0.25) is 19.2 Å². The van der Waals surface area contributed by atoms with Gasteiger partial charge in [-0.05, 0) is 60.5 Å². The number of carbonyl (C=O) groups excluding carboxylic acids is 4. The van der Waals surface area contributed by atoms with Crippen LogP contribution in [0.4, 0.5) is 0 Å². The number of aliphatic hydroxyl groups is 2. The van der Waals surface area contributed by atoms with Gasteiger partial charge in [-0.2, -0.15) is 5.06 Å². The lowest BCUT2D eigenvalue weighted by Crippen LogP contribution is -2.60. The Morgan fingerprint density at radius 2 is 1.67 bits per heavy atom. The summed E-state index contributed by atoms with van der Waals surface area (Å²) in [5.74, 6) is -4.67. The maximum atomic E-state index is 14.4. The van der Waals surface area contributed by atoms with E-state index in [2.05, 4.69) is 0 Å². The van der Waals surface area contributed by atoms with Crippen molar-refractivity contribution in [1.29, 1.82) is 0 Å². The quantitative estimate of drug-likeness (QED) is 0.184. The van der Waals surface area contributed by atoms with Crippen molar-refractivity contribution in [1.82, 2.24) is 5.06 Å². The zero-order chi connectivity index (χ0) is 37.5. The number of nitrogens with zero attached hydrogens (tertiary/aromatic N) is 1. The van der Waals surface area contributed by atoms with Gasteiger partial charge in [-0.25, -0.2) is 0 Å². The van der Waals surface area contributed by atoms with E-state index in [4.69, 9.17) is 24.7 Å². The summed E-state index contributed by atoms with van der Waals surface area (Å²) in [6, 6.07) is 3.70. The van der Waals surface area contributed by atoms with E-state index in [0.717, 1.165) is 0 Å². The third kappa shape index (κ3) is 6.06. The number of ether oxygens (including phenoxy) is 4. The maximum absolute atomic E-state index is 14.4. The number of Topliss-reactive ketones (excluding diaryl/α,β-unsaturated/α-hetero) is 1. The minimum atomic E-state index is -2.11. The molecule has 0 radical (unpaired) electrons. The van der Waals surface area contributed by atoms with Crippen molar-refractivity contribution in [3.8, 4) is 17.2 Å². The molecule has 0 spiro atoms. The van der Waals surface area contributed by atoms with Gasteiger partial charge in [0.2, 0.25) is 5.78 Å². The molecule has 2 aliphatic heterocycles. The van der Waals surface area contributed by atoms with Gasteiger partial charge in [-0.1, -0.05) is 12.1 Å². The van der Waals surface area contributed by atoms with Crippen molar-refractivity contribution >= 4 is 23.3 Å². The fourth-order valence-electron chi connectivity index (χ4n) is 8.37. The van der Waals surface area contributed by atoms with Crippen molar-refractivity contribution in [3.63, 3.8) is 0 Å². The highest BCUT2D eigenvalue weighted by atomic mass is 16.7. The Balaban J connectivity index is 1.56. The summed E-state index contributed by atoms with van der Waals surface area (Å²) < 4.78 is 23.7. The van der Waals surface area contributed by atoms with Crippen LogP contribution in [0.15, 0.2) is 18.2 Å². The number of carbonyl (C=O) groups is 4. The normalized spacial score (nSPS) is 30.2. The molecule has 2 heterocycles. The molecule has 6 atom stereocenters. The number of hydroxylamine groups is 2. The Morgan fingerprint density at radius 3 is 2.25 bits per heavy atom. The third-order valence-electron chi connectivity index (χ3n) is 11.0. The fourth-order valence-corrected chi connectivity index (χ4v) is 8.37. The number of piperidine rings is 1. The number of benzene rings is 2. The highest BCUT2D eigenvalue weighted by Gasteiger charge is 2.52. The lowest BCUT2D eigenvalue weighted by atomic mass is 9.72. The molecule has 6 N–H and O–H groups in total. The van der Waals surface area contributed by atoms with Crippen LogP contribution in [-0.2, 0) is 25.5 Å². The molecule has 4 aliphatic rings. The molecule has 0 amide bonds. The Morgan fingerprint density at radius 1 is 1.02 bits per heavy atom. The Bertz CT molecular complexity index is 1790. The summed E-state index contributed by atoms with van der Waals surface area (Å²) in [6.45, 7) is 9.89. The predicted octanol–water partition coefficient (Wildman–Crippen LogP) is 2.89. The van der Waals surface area contributed by atoms with E-state index in [1.54, 1.807) is 34.6 Å². The number of aromatic hydroxyl groups is 1. The summed E-state index contributed by atoms with van der Waals surface area (Å²) in [6.07, 6.45) is -4.65. The number of hydrogen-bond acceptors (Lipinski definition) is 14. The second-order valence-electron chi connectivity index (χ2n) is 15.6. The Hall–Kier alpha value is -3.76. The predicted molar refractivity (Wildman–Crippen MR) is 179 cm³/mol. The first-order valence-electron chi connectivity index (χ1n) is 17.1. The van der Waals surface area contributed by atoms with Crippen LogP contribution in [0.3, 0.4) is 0 Å². The molecule has 276 valence electrons. The van der Waals surface area contributed by atoms with Crippen molar-refractivity contribution < 1.29 is 58.7 Å². The number of hydrogen-bond donors (Lipinski definition) is 5. The number of phenolic OH excluding ortho intramolecular Hbond substituents is 1. The lowest BCUT2D eigenvalue weighted by molar-refractivity contribution is -0.251. The van der Waals surface area contributed by atoms with E-state index in [-0.39, 0.29) is 59.4 Å². The van der Waals surface area contributed by atoms with Crippen LogP contribution >= 0.6 is 0 Å². The van der Waals surface area contributed by atoms with E-state index in [0.29, 0.717) is 0 Å². The molecule has 14 heteroatoms. The molecule has 0 aromatic heterocycles. The number of phenols is 1. The monoisotopic (exact) mass is 710 g/mol. The zero-order valence-electron chi connectivity index (χ0n) is 29.8. The molecular weight excluding hydrogens is 664 g/mol. The first-order valence-corrected chi connectivity index (χ1v) is 17.1. The summed E-state index contributed by atoms with van der Waals surface area (Å²) in [5, 5.41) is 46.3. The van der Waals surface area contributed by atoms with Crippen LogP contribution in [0, 0.1) is 5.92 Å². The number of aliphatic hydroxyl groups excluding tert-OH is 1. The van der Waals surface area contributed by atoms with Crippen LogP contribution in [0.2, 0.25) is 0 Å². The third-order valence-corrected chi connectivity index (χ3v) is 11.0. The van der Waals surface area contributed by atoms with E-state index in [1.165, 1.54) is 37.3 Å². The second kappa shape index (κ2) is 12.7. The molecule has 2 saturated heterocycles. The summed E-state index contributed by atoms with van der Waals surface area (Å²) >= 11 is 0. The first-order chi connectivity index (χ1) is 23.7. The van der Waals surface area contributed by atoms with Gasteiger partial charge >= 0.3 is 5.97 Å². The highest BCUT2D eigenvalue weighted by Crippen LogP contribution is 2.53. The minimum Gasteiger partial charge on any atom is -0.507 e. The van der Waals surface area contributed by atoms with Gasteiger partial charge in [-0.15, -0.1) is 0 Å². The lowest BCUT2D eigenvalue weighted by Gasteiger charge is -2.50. The van der Waals surface area contributed by atoms with Crippen LogP contribution in [0.1, 0.15) is 116 Å². The van der Waals surface area contributed by atoms with E-state index in [9.17, 15) is 39.7 Å². The molecule has 2 unspecified atom stereocenters. The Kier molecular flexibility index (Phi) is 9.23. The van der Waals surface area contributed by atoms with Gasteiger partial charge in [0.1, 0.15) is 22.8 Å². The summed E-state index contributed by atoms with van der Waals surface area (Å²) in [4.78, 5) is 56.1. The van der Waals surface area contributed by atoms with Gasteiger partial charge in [0.15, 0.2) is 17.9 Å². The van der Waals surface area contributed by atoms with Crippen LogP contribution < -0.4 is 15.2 Å². The number of esters is 1. The minimum absolute atomic E-state index is 0.0144. The summed E-state index contributed by atoms with van der Waals surface area (Å²) in [5.41, 5.74) is 1.22. The number of nitrogens with two attached hydrogens (primary N) is 1. The van der Waals surface area contributed by atoms with E-state index < -0.39 is 99.9 Å². The van der Waals surface area contributed by atoms with Crippen LogP contribution in [-0.4, -0.2) is 97.2 Å². The van der Waals surface area contributed by atoms with Crippen molar-refractivity contribution in [3.05, 3.63) is 51.6 Å². The standard InChI is InChI=1S/C37H46N2O12/c1-16-29(41)21(38)11-24(49-16)50-23-15-37(46,17(2)40)14-20-26(23)32(44)27-28(30(42)19-9-8-10-22(48-7)25(19)31(27)43)33(20)51-34(45)18-12-35(3,4)39(47)36(5,6)13-18/h8-10,16,18,21,23-24,29,41,44,46-47H,11-15,38H2,1-7H3/t16?,21-,23+,24?,29-,37+/m1/s1. The molecule has 51 heavy (non-hydrogen) atoms. The maximum Gasteiger partial charge on any atom is 0.314 e. The van der Waals surface area contributed by atoms with Gasteiger partial charge in [0.25, 0.3) is 0 Å². The second-order valence-corrected chi connectivity index (χ2v) is 15.6. The average Bonchev–Trinajstić information content (AvgIpc) is 3.05. The largest absolute Gasteiger partial charge is 0.507 e. The van der Waals surface area contributed by atoms with Crippen LogP contribution in [0.25, 0.3) is 0 Å². The molecule has 2 aliphatic carbocycles. The topological polar surface area (TPSA) is 215 Å².